The largest absolute Gasteiger partial charge is 0.0696 e. The van der Waals surface area contributed by atoms with Crippen LogP contribution in [0.4, 0.5) is 0 Å². The standard InChI is InChI=1S/C39H54/c1-31(21-16-22-33(3)26-28-37-35(5)24-18-30-39(37,8)9)19-14-12-10-11-13-15-20-32(2)25-27-36-34(4)23-17-29-38(36,6)7/h10-16,19-22,25-28H,17-18,23-24,29-30H2,1-9H3/b11-10-,14-12+,15-13+,21-16+,27-25+,28-26+,31-19+,32-20+,33-22+. The van der Waals surface area contributed by atoms with E-state index in [9.17, 15) is 0 Å². The summed E-state index contributed by atoms with van der Waals surface area (Å²) in [6, 6.07) is 0. The Bertz CT molecular complexity index is 1170. The average molecular weight is 523 g/mol. The molecule has 0 spiro atoms. The second-order valence-corrected chi connectivity index (χ2v) is 12.8. The third kappa shape index (κ3) is 11.4. The maximum Gasteiger partial charge on any atom is -0.0104 e. The highest BCUT2D eigenvalue weighted by Crippen LogP contribution is 2.41. The van der Waals surface area contributed by atoms with Crippen LogP contribution >= 0.6 is 0 Å². The zero-order valence-corrected chi connectivity index (χ0v) is 26.4. The summed E-state index contributed by atoms with van der Waals surface area (Å²) in [5.74, 6) is 0. The van der Waals surface area contributed by atoms with Crippen LogP contribution in [0.3, 0.4) is 0 Å². The highest BCUT2D eigenvalue weighted by Gasteiger charge is 2.27. The van der Waals surface area contributed by atoms with Crippen molar-refractivity contribution < 1.29 is 0 Å². The molecule has 0 amide bonds. The Morgan fingerprint density at radius 1 is 0.513 bits per heavy atom. The minimum atomic E-state index is 0.293. The van der Waals surface area contributed by atoms with Gasteiger partial charge < -0.3 is 0 Å². The van der Waals surface area contributed by atoms with Crippen LogP contribution in [0.5, 0.6) is 0 Å². The fourth-order valence-electron chi connectivity index (χ4n) is 5.64. The van der Waals surface area contributed by atoms with Gasteiger partial charge in [0.1, 0.15) is 0 Å². The van der Waals surface area contributed by atoms with Crippen molar-refractivity contribution in [3.63, 3.8) is 0 Å². The normalized spacial score (nSPS) is 21.9. The average Bonchev–Trinajstić information content (AvgIpc) is 2.84. The number of hydrogen-bond donors (Lipinski definition) is 0. The minimum absolute atomic E-state index is 0.293. The summed E-state index contributed by atoms with van der Waals surface area (Å²) in [6.45, 7) is 20.5. The first-order valence-electron chi connectivity index (χ1n) is 14.9. The Kier molecular flexibility index (Phi) is 13.0. The topological polar surface area (TPSA) is 0 Å². The van der Waals surface area contributed by atoms with Crippen molar-refractivity contribution >= 4 is 0 Å². The Balaban J connectivity index is 1.83. The molecule has 0 bridgehead atoms. The first-order valence-corrected chi connectivity index (χ1v) is 14.9. The highest BCUT2D eigenvalue weighted by atomic mass is 14.3. The van der Waals surface area contributed by atoms with Crippen molar-refractivity contribution in [3.05, 3.63) is 130 Å². The summed E-state index contributed by atoms with van der Waals surface area (Å²) < 4.78 is 0. The van der Waals surface area contributed by atoms with Crippen LogP contribution in [0.15, 0.2) is 130 Å². The van der Waals surface area contributed by atoms with E-state index in [4.69, 9.17) is 0 Å². The molecule has 0 radical (unpaired) electrons. The van der Waals surface area contributed by atoms with Gasteiger partial charge in [0.05, 0.1) is 0 Å². The summed E-state index contributed by atoms with van der Waals surface area (Å²) in [4.78, 5) is 0. The minimum Gasteiger partial charge on any atom is -0.0696 e. The molecule has 0 N–H and O–H groups in total. The van der Waals surface area contributed by atoms with Gasteiger partial charge in [0.2, 0.25) is 0 Å². The summed E-state index contributed by atoms with van der Waals surface area (Å²) in [7, 11) is 0. The summed E-state index contributed by atoms with van der Waals surface area (Å²) in [5.41, 5.74) is 10.5. The van der Waals surface area contributed by atoms with Gasteiger partial charge in [0.25, 0.3) is 0 Å². The molecule has 2 rings (SSSR count). The Morgan fingerprint density at radius 3 is 1.28 bits per heavy atom. The molecule has 0 saturated carbocycles. The van der Waals surface area contributed by atoms with Crippen LogP contribution in [0, 0.1) is 10.8 Å². The molecule has 0 aromatic heterocycles. The molecule has 2 aliphatic rings. The lowest BCUT2D eigenvalue weighted by atomic mass is 9.72. The first kappa shape index (κ1) is 32.4. The molecule has 0 atom stereocenters. The second kappa shape index (κ2) is 15.7. The zero-order valence-electron chi connectivity index (χ0n) is 26.4. The van der Waals surface area contributed by atoms with Gasteiger partial charge in [-0.3, -0.25) is 0 Å². The van der Waals surface area contributed by atoms with E-state index < -0.39 is 0 Å². The van der Waals surface area contributed by atoms with E-state index in [-0.39, 0.29) is 0 Å². The molecule has 0 fully saturated rings. The molecular weight excluding hydrogens is 468 g/mol. The van der Waals surface area contributed by atoms with Crippen LogP contribution in [-0.2, 0) is 0 Å². The predicted octanol–water partition coefficient (Wildman–Crippen LogP) is 12.2. The van der Waals surface area contributed by atoms with Gasteiger partial charge in [0.15, 0.2) is 0 Å². The van der Waals surface area contributed by atoms with E-state index in [1.807, 2.05) is 0 Å². The van der Waals surface area contributed by atoms with Crippen molar-refractivity contribution in [2.75, 3.05) is 0 Å². The Hall–Kier alpha value is -2.86. The quantitative estimate of drug-likeness (QED) is 0.250. The van der Waals surface area contributed by atoms with E-state index in [0.29, 0.717) is 10.8 Å². The zero-order chi connectivity index (χ0) is 28.9. The van der Waals surface area contributed by atoms with E-state index in [0.717, 1.165) is 0 Å². The van der Waals surface area contributed by atoms with Crippen LogP contribution in [0.2, 0.25) is 0 Å². The van der Waals surface area contributed by atoms with E-state index in [2.05, 4.69) is 153 Å². The van der Waals surface area contributed by atoms with E-state index in [1.54, 1.807) is 11.1 Å². The summed E-state index contributed by atoms with van der Waals surface area (Å²) >= 11 is 0. The molecule has 0 saturated heterocycles. The smallest absolute Gasteiger partial charge is 0.0104 e. The van der Waals surface area contributed by atoms with Gasteiger partial charge in [-0.15, -0.1) is 0 Å². The van der Waals surface area contributed by atoms with E-state index in [1.165, 1.54) is 66.4 Å². The maximum atomic E-state index is 2.37. The van der Waals surface area contributed by atoms with Crippen molar-refractivity contribution in [1.82, 2.24) is 0 Å². The molecule has 0 heterocycles. The van der Waals surface area contributed by atoms with Crippen LogP contribution in [-0.4, -0.2) is 0 Å². The number of allylic oxidation sites excluding steroid dienone is 22. The third-order valence-electron chi connectivity index (χ3n) is 8.10. The van der Waals surface area contributed by atoms with Gasteiger partial charge in [-0.25, -0.2) is 0 Å². The third-order valence-corrected chi connectivity index (χ3v) is 8.10. The lowest BCUT2D eigenvalue weighted by Gasteiger charge is -2.33. The Labute approximate surface area is 241 Å². The molecule has 2 aliphatic carbocycles. The number of hydrogen-bond acceptors (Lipinski definition) is 0. The molecule has 0 aliphatic heterocycles. The number of rotatable bonds is 10. The summed E-state index contributed by atoms with van der Waals surface area (Å²) in [5, 5.41) is 0. The second-order valence-electron chi connectivity index (χ2n) is 12.8. The molecular formula is C39H54. The van der Waals surface area contributed by atoms with Crippen LogP contribution in [0.25, 0.3) is 0 Å². The first-order chi connectivity index (χ1) is 18.4. The van der Waals surface area contributed by atoms with Crippen LogP contribution in [0.1, 0.15) is 101 Å². The van der Waals surface area contributed by atoms with Crippen LogP contribution < -0.4 is 0 Å². The fraction of sp³-hybridized carbons (Fsp3) is 0.436. The fourth-order valence-corrected chi connectivity index (χ4v) is 5.64. The molecule has 0 aromatic carbocycles. The lowest BCUT2D eigenvalue weighted by Crippen LogP contribution is -2.19. The predicted molar refractivity (Wildman–Crippen MR) is 177 cm³/mol. The molecule has 210 valence electrons. The highest BCUT2D eigenvalue weighted by molar-refractivity contribution is 5.38. The van der Waals surface area contributed by atoms with Gasteiger partial charge in [-0.2, -0.15) is 0 Å². The van der Waals surface area contributed by atoms with Crippen molar-refractivity contribution in [2.45, 2.75) is 101 Å². The molecule has 0 aromatic rings. The van der Waals surface area contributed by atoms with E-state index >= 15 is 0 Å². The van der Waals surface area contributed by atoms with Crippen molar-refractivity contribution in [3.8, 4) is 0 Å². The van der Waals surface area contributed by atoms with Gasteiger partial charge >= 0.3 is 0 Å². The molecule has 0 unspecified atom stereocenters. The SMILES string of the molecule is CC1=C(/C=C/C(C)=C/C=C/C=C\C=C\C=C(C)\C=C\C=C(C)\C=C\C2=C(C)CCCC2(C)C)C(C)(C)CCC1. The molecule has 39 heavy (non-hydrogen) atoms. The van der Waals surface area contributed by atoms with Crippen molar-refractivity contribution in [2.24, 2.45) is 10.8 Å². The van der Waals surface area contributed by atoms with Gasteiger partial charge in [-0.1, -0.05) is 147 Å². The monoisotopic (exact) mass is 522 g/mol. The Morgan fingerprint density at radius 2 is 0.872 bits per heavy atom. The lowest BCUT2D eigenvalue weighted by molar-refractivity contribution is 0.376. The van der Waals surface area contributed by atoms with Crippen molar-refractivity contribution in [1.29, 1.82) is 0 Å². The summed E-state index contributed by atoms with van der Waals surface area (Å²) in [6.07, 6.45) is 40.1. The maximum absolute atomic E-state index is 2.37. The molecule has 0 nitrogen and oxygen atoms in total. The van der Waals surface area contributed by atoms with Gasteiger partial charge in [0, 0.05) is 0 Å². The van der Waals surface area contributed by atoms with Gasteiger partial charge in [-0.05, 0) is 95.1 Å². The molecule has 0 heteroatoms.